The zero-order chi connectivity index (χ0) is 11.8. The van der Waals surface area contributed by atoms with Gasteiger partial charge in [-0.05, 0) is 37.8 Å². The first-order chi connectivity index (χ1) is 7.72. The molecule has 0 saturated carbocycles. The van der Waals surface area contributed by atoms with Gasteiger partial charge < -0.3 is 0 Å². The summed E-state index contributed by atoms with van der Waals surface area (Å²) < 4.78 is 0. The minimum absolute atomic E-state index is 1.05. The molecule has 0 aromatic heterocycles. The van der Waals surface area contributed by atoms with Crippen molar-refractivity contribution in [2.75, 3.05) is 0 Å². The molecule has 84 valence electrons. The van der Waals surface area contributed by atoms with Crippen molar-refractivity contribution < 1.29 is 0 Å². The molecule has 1 aromatic carbocycles. The van der Waals surface area contributed by atoms with Crippen molar-refractivity contribution in [3.05, 3.63) is 71.8 Å². The SMILES string of the molecule is C=C/C(=C\C=C(C)C)CCc1ccccc1. The molecule has 0 fully saturated rings. The van der Waals surface area contributed by atoms with Crippen LogP contribution in [0.25, 0.3) is 0 Å². The van der Waals surface area contributed by atoms with E-state index in [-0.39, 0.29) is 0 Å². The average molecular weight is 212 g/mol. The second-order valence-corrected chi connectivity index (χ2v) is 4.18. The Hall–Kier alpha value is -1.56. The van der Waals surface area contributed by atoms with Crippen LogP contribution in [0.3, 0.4) is 0 Å². The van der Waals surface area contributed by atoms with Crippen LogP contribution in [0.4, 0.5) is 0 Å². The lowest BCUT2D eigenvalue weighted by Gasteiger charge is -2.02. The van der Waals surface area contributed by atoms with Crippen LogP contribution in [0.5, 0.6) is 0 Å². The summed E-state index contributed by atoms with van der Waals surface area (Å²) in [6.07, 6.45) is 8.38. The Labute approximate surface area is 99.0 Å². The molecule has 0 heteroatoms. The van der Waals surface area contributed by atoms with E-state index in [9.17, 15) is 0 Å². The number of hydrogen-bond acceptors (Lipinski definition) is 0. The van der Waals surface area contributed by atoms with Crippen molar-refractivity contribution in [1.29, 1.82) is 0 Å². The fourth-order valence-electron chi connectivity index (χ4n) is 1.46. The first kappa shape index (κ1) is 12.5. The van der Waals surface area contributed by atoms with Crippen molar-refractivity contribution >= 4 is 0 Å². The molecule has 0 nitrogen and oxygen atoms in total. The molecule has 0 unspecified atom stereocenters. The highest BCUT2D eigenvalue weighted by molar-refractivity contribution is 5.25. The van der Waals surface area contributed by atoms with Gasteiger partial charge in [0.1, 0.15) is 0 Å². The maximum Gasteiger partial charge on any atom is -0.0238 e. The lowest BCUT2D eigenvalue weighted by Crippen LogP contribution is -1.86. The van der Waals surface area contributed by atoms with Crippen molar-refractivity contribution in [3.63, 3.8) is 0 Å². The quantitative estimate of drug-likeness (QED) is 0.621. The highest BCUT2D eigenvalue weighted by Gasteiger charge is 1.94. The molecule has 1 aromatic rings. The Morgan fingerprint density at radius 3 is 2.38 bits per heavy atom. The van der Waals surface area contributed by atoms with Gasteiger partial charge >= 0.3 is 0 Å². The minimum Gasteiger partial charge on any atom is -0.0988 e. The zero-order valence-electron chi connectivity index (χ0n) is 10.2. The van der Waals surface area contributed by atoms with E-state index in [0.717, 1.165) is 12.8 Å². The zero-order valence-corrected chi connectivity index (χ0v) is 10.2. The number of rotatable bonds is 5. The van der Waals surface area contributed by atoms with E-state index in [4.69, 9.17) is 0 Å². The third-order valence-corrected chi connectivity index (χ3v) is 2.44. The van der Waals surface area contributed by atoms with Crippen LogP contribution in [-0.2, 0) is 6.42 Å². The topological polar surface area (TPSA) is 0 Å². The molecule has 0 radical (unpaired) electrons. The highest BCUT2D eigenvalue weighted by atomic mass is 14.0. The van der Waals surface area contributed by atoms with Crippen LogP contribution in [0.2, 0.25) is 0 Å². The summed E-state index contributed by atoms with van der Waals surface area (Å²) in [4.78, 5) is 0. The summed E-state index contributed by atoms with van der Waals surface area (Å²) in [5.74, 6) is 0. The van der Waals surface area contributed by atoms with E-state index in [0.29, 0.717) is 0 Å². The fourth-order valence-corrected chi connectivity index (χ4v) is 1.46. The summed E-state index contributed by atoms with van der Waals surface area (Å²) in [6, 6.07) is 10.6. The van der Waals surface area contributed by atoms with Crippen LogP contribution < -0.4 is 0 Å². The summed E-state index contributed by atoms with van der Waals surface area (Å²) in [5.41, 5.74) is 4.00. The van der Waals surface area contributed by atoms with E-state index >= 15 is 0 Å². The number of hydrogen-bond donors (Lipinski definition) is 0. The largest absolute Gasteiger partial charge is 0.0988 e. The Kier molecular flexibility index (Phi) is 5.35. The molecule has 0 heterocycles. The van der Waals surface area contributed by atoms with E-state index in [1.54, 1.807) is 0 Å². The summed E-state index contributed by atoms with van der Waals surface area (Å²) in [5, 5.41) is 0. The molecule has 0 saturated heterocycles. The standard InChI is InChI=1S/C16H20/c1-4-15(11-10-14(2)3)12-13-16-8-6-5-7-9-16/h4-11H,1,12-13H2,2-3H3/b15-11+. The monoisotopic (exact) mass is 212 g/mol. The first-order valence-corrected chi connectivity index (χ1v) is 5.73. The first-order valence-electron chi connectivity index (χ1n) is 5.73. The molecule has 16 heavy (non-hydrogen) atoms. The fraction of sp³-hybridized carbons (Fsp3) is 0.250. The Morgan fingerprint density at radius 2 is 1.81 bits per heavy atom. The number of allylic oxidation sites excluding steroid dienone is 5. The Balaban J connectivity index is 2.56. The summed E-state index contributed by atoms with van der Waals surface area (Å²) in [7, 11) is 0. The second kappa shape index (κ2) is 6.84. The van der Waals surface area contributed by atoms with Crippen molar-refractivity contribution in [1.82, 2.24) is 0 Å². The van der Waals surface area contributed by atoms with Crippen LogP contribution in [0.15, 0.2) is 66.3 Å². The van der Waals surface area contributed by atoms with Crippen molar-refractivity contribution in [2.45, 2.75) is 26.7 Å². The molecular weight excluding hydrogens is 192 g/mol. The van der Waals surface area contributed by atoms with Crippen LogP contribution >= 0.6 is 0 Å². The molecule has 0 N–H and O–H groups in total. The maximum absolute atomic E-state index is 3.85. The van der Waals surface area contributed by atoms with Gasteiger partial charge in [-0.2, -0.15) is 0 Å². The molecule has 0 atom stereocenters. The minimum atomic E-state index is 1.05. The Morgan fingerprint density at radius 1 is 1.12 bits per heavy atom. The molecule has 1 rings (SSSR count). The van der Waals surface area contributed by atoms with Crippen LogP contribution in [0, 0.1) is 0 Å². The summed E-state index contributed by atoms with van der Waals surface area (Å²) in [6.45, 7) is 8.06. The van der Waals surface area contributed by atoms with Gasteiger partial charge in [0.05, 0.1) is 0 Å². The van der Waals surface area contributed by atoms with Crippen molar-refractivity contribution in [3.8, 4) is 0 Å². The van der Waals surface area contributed by atoms with Gasteiger partial charge in [-0.15, -0.1) is 0 Å². The Bertz CT molecular complexity index is 376. The smallest absolute Gasteiger partial charge is 0.0238 e. The maximum atomic E-state index is 3.85. The van der Waals surface area contributed by atoms with Gasteiger partial charge in [0.2, 0.25) is 0 Å². The van der Waals surface area contributed by atoms with Gasteiger partial charge in [-0.3, -0.25) is 0 Å². The molecule has 0 amide bonds. The highest BCUT2D eigenvalue weighted by Crippen LogP contribution is 2.10. The van der Waals surface area contributed by atoms with Gasteiger partial charge in [-0.1, -0.05) is 60.7 Å². The molecule has 0 aliphatic heterocycles. The molecule has 0 spiro atoms. The lowest BCUT2D eigenvalue weighted by atomic mass is 10.0. The molecule has 0 aliphatic rings. The molecule has 0 bridgehead atoms. The van der Waals surface area contributed by atoms with E-state index < -0.39 is 0 Å². The van der Waals surface area contributed by atoms with Crippen LogP contribution in [-0.4, -0.2) is 0 Å². The second-order valence-electron chi connectivity index (χ2n) is 4.18. The number of aryl methyl sites for hydroxylation is 1. The van der Waals surface area contributed by atoms with E-state index in [2.05, 4.69) is 62.9 Å². The average Bonchev–Trinajstić information content (AvgIpc) is 2.30. The third-order valence-electron chi connectivity index (χ3n) is 2.44. The van der Waals surface area contributed by atoms with Gasteiger partial charge in [0, 0.05) is 0 Å². The summed E-state index contributed by atoms with van der Waals surface area (Å²) >= 11 is 0. The third kappa shape index (κ3) is 4.79. The van der Waals surface area contributed by atoms with Gasteiger partial charge in [-0.25, -0.2) is 0 Å². The molecular formula is C16H20. The lowest BCUT2D eigenvalue weighted by molar-refractivity contribution is 0.965. The van der Waals surface area contributed by atoms with Gasteiger partial charge in [0.15, 0.2) is 0 Å². The van der Waals surface area contributed by atoms with Gasteiger partial charge in [0.25, 0.3) is 0 Å². The number of benzene rings is 1. The van der Waals surface area contributed by atoms with E-state index in [1.807, 2.05) is 6.08 Å². The predicted octanol–water partition coefficient (Wildman–Crippen LogP) is 4.70. The van der Waals surface area contributed by atoms with E-state index in [1.165, 1.54) is 16.7 Å². The predicted molar refractivity (Wildman–Crippen MR) is 72.5 cm³/mol. The normalized spacial score (nSPS) is 11.0. The van der Waals surface area contributed by atoms with Crippen molar-refractivity contribution in [2.24, 2.45) is 0 Å². The van der Waals surface area contributed by atoms with Crippen LogP contribution in [0.1, 0.15) is 25.8 Å². The molecule has 0 aliphatic carbocycles.